The number of benzene rings is 5. The van der Waals surface area contributed by atoms with Crippen molar-refractivity contribution in [3.05, 3.63) is 169 Å². The maximum atomic E-state index is 6.26. The minimum Gasteiger partial charge on any atom is -0.497 e. The Kier molecular flexibility index (Phi) is 16.2. The molecule has 6 rings (SSSR count). The fourth-order valence-corrected chi connectivity index (χ4v) is 7.86. The molecule has 0 N–H and O–H groups in total. The maximum absolute atomic E-state index is 6.26. The first-order valence-electron chi connectivity index (χ1n) is 22.3. The molecule has 0 aromatic heterocycles. The van der Waals surface area contributed by atoms with E-state index in [2.05, 4.69) is 175 Å². The van der Waals surface area contributed by atoms with Gasteiger partial charge in [0, 0.05) is 11.0 Å². The molecule has 0 saturated carbocycles. The number of aryl methyl sites for hydroxylation is 4. The molecule has 3 heteroatoms. The Morgan fingerprint density at radius 2 is 0.783 bits per heavy atom. The second-order valence-corrected chi connectivity index (χ2v) is 17.1. The van der Waals surface area contributed by atoms with Crippen LogP contribution < -0.4 is 4.74 Å². The third-order valence-corrected chi connectivity index (χ3v) is 11.2. The van der Waals surface area contributed by atoms with E-state index in [0.29, 0.717) is 13.2 Å². The first-order chi connectivity index (χ1) is 29.2. The molecular weight excluding hydrogens is 733 g/mol. The summed E-state index contributed by atoms with van der Waals surface area (Å²) in [5.74, 6) is 0.871. The lowest BCUT2D eigenvalue weighted by Gasteiger charge is -2.35. The molecule has 3 nitrogen and oxygen atoms in total. The molecule has 1 heterocycles. The molecular formula is C57H66O3. The largest absolute Gasteiger partial charge is 0.497 e. The van der Waals surface area contributed by atoms with Crippen LogP contribution in [0.15, 0.2) is 97.1 Å². The molecule has 0 unspecified atom stereocenters. The van der Waals surface area contributed by atoms with Gasteiger partial charge in [0.15, 0.2) is 6.29 Å². The highest BCUT2D eigenvalue weighted by Gasteiger charge is 2.30. The molecule has 5 aromatic carbocycles. The van der Waals surface area contributed by atoms with E-state index in [0.717, 1.165) is 62.7 Å². The van der Waals surface area contributed by atoms with Gasteiger partial charge >= 0.3 is 0 Å². The van der Waals surface area contributed by atoms with Crippen molar-refractivity contribution in [2.45, 2.75) is 99.2 Å². The first-order valence-corrected chi connectivity index (χ1v) is 22.3. The average molecular weight is 799 g/mol. The summed E-state index contributed by atoms with van der Waals surface area (Å²) in [6.45, 7) is 14.9. The zero-order valence-corrected chi connectivity index (χ0v) is 37.2. The SMILES string of the molecule is CCCc1cc(/C=C/c2ccc(/C=C/c3cc(CCC)c(C4OCC(C)(C)CO4)cc3CCC)cc2)c(CCC)cc1/C=C/c1ccc(/C=C/c2ccc(OC)cc2)cc1. The van der Waals surface area contributed by atoms with Crippen LogP contribution in [0.1, 0.15) is 146 Å². The molecule has 1 fully saturated rings. The summed E-state index contributed by atoms with van der Waals surface area (Å²) >= 11 is 0. The molecule has 0 radical (unpaired) electrons. The minimum absolute atomic E-state index is 0.0512. The van der Waals surface area contributed by atoms with Crippen molar-refractivity contribution < 1.29 is 14.2 Å². The summed E-state index contributed by atoms with van der Waals surface area (Å²) in [5.41, 5.74) is 16.6. The Hall–Kier alpha value is -5.22. The zero-order chi connectivity index (χ0) is 42.3. The third kappa shape index (κ3) is 12.4. The normalized spacial score (nSPS) is 14.7. The highest BCUT2D eigenvalue weighted by atomic mass is 16.7. The molecule has 5 aromatic rings. The van der Waals surface area contributed by atoms with Crippen LogP contribution in [0.25, 0.3) is 48.6 Å². The van der Waals surface area contributed by atoms with Crippen molar-refractivity contribution >= 4 is 48.6 Å². The Labute approximate surface area is 361 Å². The molecule has 1 aliphatic heterocycles. The predicted octanol–water partition coefficient (Wildman–Crippen LogP) is 15.3. The van der Waals surface area contributed by atoms with Crippen LogP contribution >= 0.6 is 0 Å². The van der Waals surface area contributed by atoms with Gasteiger partial charge in [0.05, 0.1) is 20.3 Å². The summed E-state index contributed by atoms with van der Waals surface area (Å²) in [6, 6.07) is 35.4. The summed E-state index contributed by atoms with van der Waals surface area (Å²) < 4.78 is 17.8. The molecule has 0 bridgehead atoms. The highest BCUT2D eigenvalue weighted by Crippen LogP contribution is 2.35. The number of methoxy groups -OCH3 is 1. The van der Waals surface area contributed by atoms with Gasteiger partial charge in [-0.1, -0.05) is 195 Å². The zero-order valence-electron chi connectivity index (χ0n) is 37.2. The van der Waals surface area contributed by atoms with Crippen LogP contribution in [0.5, 0.6) is 5.75 Å². The van der Waals surface area contributed by atoms with E-state index in [1.54, 1.807) is 7.11 Å². The van der Waals surface area contributed by atoms with Crippen molar-refractivity contribution in [3.63, 3.8) is 0 Å². The summed E-state index contributed by atoms with van der Waals surface area (Å²) in [4.78, 5) is 0. The Bertz CT molecular complexity index is 2240. The predicted molar refractivity (Wildman–Crippen MR) is 259 cm³/mol. The molecule has 312 valence electrons. The van der Waals surface area contributed by atoms with E-state index in [9.17, 15) is 0 Å². The van der Waals surface area contributed by atoms with Gasteiger partial charge in [-0.05, 0) is 111 Å². The second kappa shape index (κ2) is 21.9. The van der Waals surface area contributed by atoms with Crippen molar-refractivity contribution in [3.8, 4) is 5.75 Å². The van der Waals surface area contributed by atoms with E-state index < -0.39 is 0 Å². The average Bonchev–Trinajstić information content (AvgIpc) is 3.26. The fraction of sp³-hybridized carbons (Fsp3) is 0.333. The molecule has 0 atom stereocenters. The van der Waals surface area contributed by atoms with Crippen LogP contribution in [0, 0.1) is 5.41 Å². The Morgan fingerprint density at radius 3 is 1.15 bits per heavy atom. The third-order valence-electron chi connectivity index (χ3n) is 11.2. The molecule has 0 amide bonds. The van der Waals surface area contributed by atoms with Gasteiger partial charge in [0.1, 0.15) is 5.75 Å². The van der Waals surface area contributed by atoms with Gasteiger partial charge in [-0.15, -0.1) is 0 Å². The molecule has 0 spiro atoms. The quantitative estimate of drug-likeness (QED) is 0.0827. The summed E-state index contributed by atoms with van der Waals surface area (Å²) in [5, 5.41) is 0. The maximum Gasteiger partial charge on any atom is 0.184 e. The van der Waals surface area contributed by atoms with E-state index in [1.807, 2.05) is 12.1 Å². The van der Waals surface area contributed by atoms with Crippen LogP contribution in [0.2, 0.25) is 0 Å². The lowest BCUT2D eigenvalue weighted by Crippen LogP contribution is -2.34. The van der Waals surface area contributed by atoms with Crippen LogP contribution in [0.4, 0.5) is 0 Å². The molecule has 1 aliphatic rings. The topological polar surface area (TPSA) is 27.7 Å². The van der Waals surface area contributed by atoms with E-state index in [4.69, 9.17) is 14.2 Å². The van der Waals surface area contributed by atoms with Gasteiger partial charge in [0.2, 0.25) is 0 Å². The van der Waals surface area contributed by atoms with Gasteiger partial charge < -0.3 is 14.2 Å². The monoisotopic (exact) mass is 799 g/mol. The fourth-order valence-electron chi connectivity index (χ4n) is 7.86. The van der Waals surface area contributed by atoms with Gasteiger partial charge in [-0.3, -0.25) is 0 Å². The van der Waals surface area contributed by atoms with Gasteiger partial charge in [-0.25, -0.2) is 0 Å². The lowest BCUT2D eigenvalue weighted by atomic mass is 9.91. The van der Waals surface area contributed by atoms with Crippen LogP contribution in [-0.4, -0.2) is 20.3 Å². The van der Waals surface area contributed by atoms with Crippen LogP contribution in [0.3, 0.4) is 0 Å². The summed E-state index contributed by atoms with van der Waals surface area (Å²) in [6.07, 6.45) is 26.2. The number of hydrogen-bond acceptors (Lipinski definition) is 3. The Balaban J connectivity index is 1.16. The standard InChI is InChI=1S/C57H66O3/c1-8-12-47-37-51(48(13-9-2)36-50(47)31-26-43-19-16-42(17-20-43)18-25-46-29-34-54(58-7)35-30-46)32-27-44-21-23-45(24-22-44)28-33-52-38-53(15-11-4)55(39-49(52)14-10-3)56-59-40-57(5,6)41-60-56/h16-39,56H,8-15,40-41H2,1-7H3/b25-18+,31-26+,32-27+,33-28+. The van der Waals surface area contributed by atoms with Crippen molar-refractivity contribution in [2.24, 2.45) is 5.41 Å². The second-order valence-electron chi connectivity index (χ2n) is 17.1. The van der Waals surface area contributed by atoms with Crippen molar-refractivity contribution in [2.75, 3.05) is 20.3 Å². The highest BCUT2D eigenvalue weighted by molar-refractivity contribution is 5.78. The molecule has 60 heavy (non-hydrogen) atoms. The molecule has 0 aliphatic carbocycles. The van der Waals surface area contributed by atoms with Crippen molar-refractivity contribution in [1.29, 1.82) is 0 Å². The number of hydrogen-bond donors (Lipinski definition) is 0. The van der Waals surface area contributed by atoms with Gasteiger partial charge in [0.25, 0.3) is 0 Å². The number of rotatable bonds is 18. The summed E-state index contributed by atoms with van der Waals surface area (Å²) in [7, 11) is 1.69. The first kappa shape index (κ1) is 44.3. The van der Waals surface area contributed by atoms with E-state index in [-0.39, 0.29) is 11.7 Å². The van der Waals surface area contributed by atoms with Crippen molar-refractivity contribution in [1.82, 2.24) is 0 Å². The lowest BCUT2D eigenvalue weighted by molar-refractivity contribution is -0.226. The van der Waals surface area contributed by atoms with E-state index in [1.165, 1.54) is 66.8 Å². The minimum atomic E-state index is -0.283. The van der Waals surface area contributed by atoms with Gasteiger partial charge in [-0.2, -0.15) is 0 Å². The van der Waals surface area contributed by atoms with Crippen LogP contribution in [-0.2, 0) is 35.2 Å². The molecule has 1 saturated heterocycles. The smallest absolute Gasteiger partial charge is 0.184 e. The Morgan fingerprint density at radius 1 is 0.467 bits per heavy atom. The van der Waals surface area contributed by atoms with E-state index >= 15 is 0 Å². The number of ether oxygens (including phenoxy) is 3.